The van der Waals surface area contributed by atoms with E-state index in [-0.39, 0.29) is 11.3 Å². The predicted molar refractivity (Wildman–Crippen MR) is 66.4 cm³/mol. The van der Waals surface area contributed by atoms with E-state index in [2.05, 4.69) is 10.6 Å². The summed E-state index contributed by atoms with van der Waals surface area (Å²) in [6, 6.07) is 5.02. The number of hydrogen-bond acceptors (Lipinski definition) is 3. The molecule has 0 bridgehead atoms. The largest absolute Gasteiger partial charge is 0.481 e. The Kier molecular flexibility index (Phi) is 4.48. The molecular formula is C12H13NO4S. The lowest BCUT2D eigenvalue weighted by molar-refractivity contribution is -0.136. The van der Waals surface area contributed by atoms with Gasteiger partial charge in [-0.05, 0) is 24.6 Å². The second-order valence-electron chi connectivity index (χ2n) is 3.72. The predicted octanol–water partition coefficient (Wildman–Crippen LogP) is 0.614. The molecule has 96 valence electrons. The lowest BCUT2D eigenvalue weighted by atomic mass is 10.2. The zero-order valence-electron chi connectivity index (χ0n) is 9.75. The van der Waals surface area contributed by atoms with Gasteiger partial charge in [-0.15, -0.1) is 6.42 Å². The van der Waals surface area contributed by atoms with E-state index < -0.39 is 22.0 Å². The van der Waals surface area contributed by atoms with E-state index in [1.807, 2.05) is 0 Å². The van der Waals surface area contributed by atoms with Gasteiger partial charge >= 0.3 is 5.97 Å². The molecule has 0 aliphatic rings. The lowest BCUT2D eigenvalue weighted by Gasteiger charge is -2.09. The fourth-order valence-electron chi connectivity index (χ4n) is 1.30. The molecule has 1 aromatic carbocycles. The third-order valence-corrected chi connectivity index (χ3v) is 3.73. The van der Waals surface area contributed by atoms with Crippen molar-refractivity contribution in [1.29, 1.82) is 0 Å². The second kappa shape index (κ2) is 5.67. The van der Waals surface area contributed by atoms with E-state index in [0.29, 0.717) is 5.56 Å². The fourth-order valence-corrected chi connectivity index (χ4v) is 2.46. The van der Waals surface area contributed by atoms with Crippen LogP contribution in [0.4, 0.5) is 0 Å². The van der Waals surface area contributed by atoms with Crippen LogP contribution in [0.2, 0.25) is 0 Å². The Morgan fingerprint density at radius 1 is 1.44 bits per heavy atom. The van der Waals surface area contributed by atoms with Crippen LogP contribution in [0.5, 0.6) is 0 Å². The number of aliphatic carboxylic acids is 1. The summed E-state index contributed by atoms with van der Waals surface area (Å²) in [5.41, 5.74) is 0.534. The Hall–Kier alpha value is -1.84. The highest BCUT2D eigenvalue weighted by atomic mass is 32.2. The zero-order valence-corrected chi connectivity index (χ0v) is 10.6. The number of carboxylic acids is 1. The van der Waals surface area contributed by atoms with Crippen LogP contribution in [0.15, 0.2) is 29.2 Å². The molecule has 1 rings (SSSR count). The Balaban J connectivity index is 2.91. The van der Waals surface area contributed by atoms with Crippen molar-refractivity contribution in [1.82, 2.24) is 4.72 Å². The topological polar surface area (TPSA) is 83.5 Å². The molecule has 18 heavy (non-hydrogen) atoms. The molecule has 0 aliphatic heterocycles. The monoisotopic (exact) mass is 267 g/mol. The summed E-state index contributed by atoms with van der Waals surface area (Å²) in [6.07, 6.45) is 4.95. The SMILES string of the molecule is C#CC(C)NS(=O)(=O)c1ccc(CC(=O)O)cc1. The quantitative estimate of drug-likeness (QED) is 0.766. The molecular weight excluding hydrogens is 254 g/mol. The summed E-state index contributed by atoms with van der Waals surface area (Å²) in [7, 11) is -3.66. The number of carbonyl (C=O) groups is 1. The van der Waals surface area contributed by atoms with Crippen molar-refractivity contribution in [3.05, 3.63) is 29.8 Å². The van der Waals surface area contributed by atoms with Crippen molar-refractivity contribution in [2.75, 3.05) is 0 Å². The van der Waals surface area contributed by atoms with E-state index >= 15 is 0 Å². The van der Waals surface area contributed by atoms with Crippen molar-refractivity contribution in [3.8, 4) is 12.3 Å². The van der Waals surface area contributed by atoms with Gasteiger partial charge in [0.1, 0.15) is 0 Å². The van der Waals surface area contributed by atoms with Gasteiger partial charge in [0, 0.05) is 0 Å². The van der Waals surface area contributed by atoms with Crippen LogP contribution in [0, 0.1) is 12.3 Å². The highest BCUT2D eigenvalue weighted by molar-refractivity contribution is 7.89. The minimum Gasteiger partial charge on any atom is -0.481 e. The van der Waals surface area contributed by atoms with Gasteiger partial charge in [0.2, 0.25) is 10.0 Å². The smallest absolute Gasteiger partial charge is 0.307 e. The number of nitrogens with one attached hydrogen (secondary N) is 1. The Bertz CT molecular complexity index is 569. The average molecular weight is 267 g/mol. The summed E-state index contributed by atoms with van der Waals surface area (Å²) in [6.45, 7) is 1.55. The van der Waals surface area contributed by atoms with Crippen LogP contribution in [0.1, 0.15) is 12.5 Å². The first-order valence-corrected chi connectivity index (χ1v) is 6.62. The summed E-state index contributed by atoms with van der Waals surface area (Å²) >= 11 is 0. The highest BCUT2D eigenvalue weighted by Crippen LogP contribution is 2.11. The summed E-state index contributed by atoms with van der Waals surface area (Å²) in [4.78, 5) is 10.5. The molecule has 1 atom stereocenters. The van der Waals surface area contributed by atoms with Crippen molar-refractivity contribution < 1.29 is 18.3 Å². The zero-order chi connectivity index (χ0) is 13.8. The third kappa shape index (κ3) is 3.87. The van der Waals surface area contributed by atoms with Crippen molar-refractivity contribution in [2.24, 2.45) is 0 Å². The fraction of sp³-hybridized carbons (Fsp3) is 0.250. The van der Waals surface area contributed by atoms with E-state index in [4.69, 9.17) is 11.5 Å². The highest BCUT2D eigenvalue weighted by Gasteiger charge is 2.16. The number of rotatable bonds is 5. The lowest BCUT2D eigenvalue weighted by Crippen LogP contribution is -2.31. The molecule has 6 heteroatoms. The van der Waals surface area contributed by atoms with E-state index in [1.54, 1.807) is 6.92 Å². The molecule has 0 aromatic heterocycles. The van der Waals surface area contributed by atoms with Crippen molar-refractivity contribution in [2.45, 2.75) is 24.3 Å². The Labute approximate surface area is 106 Å². The van der Waals surface area contributed by atoms with Gasteiger partial charge in [0.25, 0.3) is 0 Å². The molecule has 0 amide bonds. The number of hydrogen-bond donors (Lipinski definition) is 2. The number of sulfonamides is 1. The molecule has 0 saturated carbocycles. The minimum absolute atomic E-state index is 0.0544. The first-order chi connectivity index (χ1) is 8.35. The van der Waals surface area contributed by atoms with Gasteiger partial charge in [-0.1, -0.05) is 18.1 Å². The normalized spacial score (nSPS) is 12.7. The molecule has 1 aromatic rings. The van der Waals surface area contributed by atoms with Gasteiger partial charge in [-0.2, -0.15) is 4.72 Å². The van der Waals surface area contributed by atoms with Gasteiger partial charge in [-0.3, -0.25) is 4.79 Å². The summed E-state index contributed by atoms with van der Waals surface area (Å²) < 4.78 is 25.9. The van der Waals surface area contributed by atoms with Gasteiger partial charge in [0.05, 0.1) is 17.4 Å². The van der Waals surface area contributed by atoms with Crippen LogP contribution in [-0.4, -0.2) is 25.5 Å². The molecule has 5 nitrogen and oxygen atoms in total. The molecule has 1 unspecified atom stereocenters. The molecule has 0 spiro atoms. The average Bonchev–Trinajstić information content (AvgIpc) is 2.28. The van der Waals surface area contributed by atoms with Gasteiger partial charge < -0.3 is 5.11 Å². The number of carboxylic acid groups (broad SMARTS) is 1. The first kappa shape index (κ1) is 14.2. The maximum Gasteiger partial charge on any atom is 0.307 e. The molecule has 2 N–H and O–H groups in total. The van der Waals surface area contributed by atoms with Crippen LogP contribution < -0.4 is 4.72 Å². The summed E-state index contributed by atoms with van der Waals surface area (Å²) in [5.74, 6) is 1.29. The molecule has 0 fully saturated rings. The third-order valence-electron chi connectivity index (χ3n) is 2.17. The minimum atomic E-state index is -3.66. The number of terminal acetylenes is 1. The van der Waals surface area contributed by atoms with E-state index in [1.165, 1.54) is 24.3 Å². The first-order valence-electron chi connectivity index (χ1n) is 5.14. The summed E-state index contributed by atoms with van der Waals surface area (Å²) in [5, 5.41) is 8.59. The van der Waals surface area contributed by atoms with E-state index in [9.17, 15) is 13.2 Å². The van der Waals surface area contributed by atoms with Crippen molar-refractivity contribution in [3.63, 3.8) is 0 Å². The molecule has 0 radical (unpaired) electrons. The van der Waals surface area contributed by atoms with Crippen molar-refractivity contribution >= 4 is 16.0 Å². The maximum absolute atomic E-state index is 11.8. The standard InChI is InChI=1S/C12H13NO4S/c1-3-9(2)13-18(16,17)11-6-4-10(5-7-11)8-12(14)15/h1,4-7,9,13H,8H2,2H3,(H,14,15). The Morgan fingerprint density at radius 2 is 2.00 bits per heavy atom. The van der Waals surface area contributed by atoms with Crippen LogP contribution in [0.25, 0.3) is 0 Å². The Morgan fingerprint density at radius 3 is 2.44 bits per heavy atom. The molecule has 0 saturated heterocycles. The van der Waals surface area contributed by atoms with Crippen LogP contribution >= 0.6 is 0 Å². The van der Waals surface area contributed by atoms with Gasteiger partial charge in [-0.25, -0.2) is 8.42 Å². The molecule has 0 heterocycles. The van der Waals surface area contributed by atoms with E-state index in [0.717, 1.165) is 0 Å². The molecule has 0 aliphatic carbocycles. The second-order valence-corrected chi connectivity index (χ2v) is 5.44. The van der Waals surface area contributed by atoms with Crippen LogP contribution in [0.3, 0.4) is 0 Å². The maximum atomic E-state index is 11.8. The number of benzene rings is 1. The van der Waals surface area contributed by atoms with Crippen LogP contribution in [-0.2, 0) is 21.2 Å². The van der Waals surface area contributed by atoms with Gasteiger partial charge in [0.15, 0.2) is 0 Å².